The second-order valence-corrected chi connectivity index (χ2v) is 3.81. The highest BCUT2D eigenvalue weighted by molar-refractivity contribution is 4.83. The van der Waals surface area contributed by atoms with Gasteiger partial charge in [0.05, 0.1) is 12.2 Å². The maximum Gasteiger partial charge on any atom is 0.0681 e. The molecule has 0 spiro atoms. The van der Waals surface area contributed by atoms with Crippen LogP contribution >= 0.6 is 0 Å². The predicted octanol–water partition coefficient (Wildman–Crippen LogP) is 0.513. The van der Waals surface area contributed by atoms with E-state index in [1.54, 1.807) is 0 Å². The molecule has 0 aromatic carbocycles. The quantitative estimate of drug-likeness (QED) is 0.654. The first kappa shape index (κ1) is 9.96. The number of rotatable bonds is 3. The molecule has 1 fully saturated rings. The van der Waals surface area contributed by atoms with E-state index in [0.717, 1.165) is 19.4 Å². The van der Waals surface area contributed by atoms with Crippen molar-refractivity contribution < 1.29 is 9.84 Å². The van der Waals surface area contributed by atoms with Gasteiger partial charge in [-0.2, -0.15) is 0 Å². The molecule has 0 aromatic heterocycles. The fraction of sp³-hybridized carbons (Fsp3) is 1.00. The standard InChI is InChI=1S/C9H19NO2/c1-9(11,4-5-10)8-3-2-6-12-7-8/h8,11H,2-7,10H2,1H3. The SMILES string of the molecule is CC(O)(CCN)C1CCCOC1. The van der Waals surface area contributed by atoms with Gasteiger partial charge in [0, 0.05) is 12.5 Å². The lowest BCUT2D eigenvalue weighted by atomic mass is 9.83. The Labute approximate surface area is 73.9 Å². The first-order chi connectivity index (χ1) is 5.67. The molecule has 3 heteroatoms. The van der Waals surface area contributed by atoms with Gasteiger partial charge in [0.2, 0.25) is 0 Å². The third-order valence-electron chi connectivity index (χ3n) is 2.69. The summed E-state index contributed by atoms with van der Waals surface area (Å²) in [5.74, 6) is 0.273. The molecule has 3 nitrogen and oxygen atoms in total. The molecular weight excluding hydrogens is 154 g/mol. The summed E-state index contributed by atoms with van der Waals surface area (Å²) in [5, 5.41) is 9.98. The minimum absolute atomic E-state index is 0.273. The zero-order chi connectivity index (χ0) is 9.03. The lowest BCUT2D eigenvalue weighted by Gasteiger charge is -2.35. The first-order valence-electron chi connectivity index (χ1n) is 4.67. The maximum absolute atomic E-state index is 9.98. The van der Waals surface area contributed by atoms with E-state index < -0.39 is 5.60 Å². The van der Waals surface area contributed by atoms with Gasteiger partial charge in [0.1, 0.15) is 0 Å². The zero-order valence-electron chi connectivity index (χ0n) is 7.75. The molecule has 1 rings (SSSR count). The van der Waals surface area contributed by atoms with Gasteiger partial charge in [0.15, 0.2) is 0 Å². The Morgan fingerprint density at radius 2 is 2.42 bits per heavy atom. The van der Waals surface area contributed by atoms with E-state index in [9.17, 15) is 5.11 Å². The first-order valence-corrected chi connectivity index (χ1v) is 4.67. The van der Waals surface area contributed by atoms with Crippen LogP contribution in [-0.2, 0) is 4.74 Å². The monoisotopic (exact) mass is 173 g/mol. The van der Waals surface area contributed by atoms with Crippen LogP contribution in [0.5, 0.6) is 0 Å². The predicted molar refractivity (Wildman–Crippen MR) is 47.8 cm³/mol. The molecule has 2 atom stereocenters. The molecule has 72 valence electrons. The van der Waals surface area contributed by atoms with E-state index >= 15 is 0 Å². The highest BCUT2D eigenvalue weighted by Gasteiger charge is 2.32. The van der Waals surface area contributed by atoms with Crippen molar-refractivity contribution in [1.29, 1.82) is 0 Å². The lowest BCUT2D eigenvalue weighted by Crippen LogP contribution is -2.41. The third-order valence-corrected chi connectivity index (χ3v) is 2.69. The Morgan fingerprint density at radius 1 is 1.67 bits per heavy atom. The number of ether oxygens (including phenoxy) is 1. The number of nitrogens with two attached hydrogens (primary N) is 1. The van der Waals surface area contributed by atoms with E-state index in [1.165, 1.54) is 0 Å². The van der Waals surface area contributed by atoms with Crippen LogP contribution in [0.4, 0.5) is 0 Å². The smallest absolute Gasteiger partial charge is 0.0681 e. The second kappa shape index (κ2) is 4.21. The third kappa shape index (κ3) is 2.44. The summed E-state index contributed by atoms with van der Waals surface area (Å²) in [6.07, 6.45) is 2.79. The summed E-state index contributed by atoms with van der Waals surface area (Å²) in [5.41, 5.74) is 4.79. The largest absolute Gasteiger partial charge is 0.390 e. The molecule has 1 heterocycles. The Hall–Kier alpha value is -0.120. The van der Waals surface area contributed by atoms with Gasteiger partial charge >= 0.3 is 0 Å². The van der Waals surface area contributed by atoms with Crippen LogP contribution in [-0.4, -0.2) is 30.5 Å². The molecule has 0 saturated carbocycles. The van der Waals surface area contributed by atoms with Gasteiger partial charge in [-0.15, -0.1) is 0 Å². The van der Waals surface area contributed by atoms with Crippen molar-refractivity contribution in [2.75, 3.05) is 19.8 Å². The maximum atomic E-state index is 9.98. The van der Waals surface area contributed by atoms with Crippen LogP contribution in [0.25, 0.3) is 0 Å². The molecule has 0 bridgehead atoms. The molecular formula is C9H19NO2. The molecule has 0 amide bonds. The van der Waals surface area contributed by atoms with E-state index in [1.807, 2.05) is 6.92 Å². The Kier molecular flexibility index (Phi) is 3.50. The van der Waals surface area contributed by atoms with Crippen LogP contribution in [0.1, 0.15) is 26.2 Å². The average molecular weight is 173 g/mol. The molecule has 2 unspecified atom stereocenters. The Balaban J connectivity index is 2.41. The molecule has 1 aliphatic heterocycles. The van der Waals surface area contributed by atoms with Gasteiger partial charge in [-0.1, -0.05) is 0 Å². The van der Waals surface area contributed by atoms with Crippen molar-refractivity contribution in [1.82, 2.24) is 0 Å². The molecule has 0 radical (unpaired) electrons. The van der Waals surface area contributed by atoms with Gasteiger partial charge in [-0.3, -0.25) is 0 Å². The Bertz CT molecular complexity index is 130. The van der Waals surface area contributed by atoms with Gasteiger partial charge < -0.3 is 15.6 Å². The van der Waals surface area contributed by atoms with Crippen molar-refractivity contribution in [3.05, 3.63) is 0 Å². The van der Waals surface area contributed by atoms with Crippen LogP contribution in [0.15, 0.2) is 0 Å². The fourth-order valence-corrected chi connectivity index (χ4v) is 1.73. The van der Waals surface area contributed by atoms with Crippen LogP contribution < -0.4 is 5.73 Å². The van der Waals surface area contributed by atoms with Gasteiger partial charge in [-0.25, -0.2) is 0 Å². The van der Waals surface area contributed by atoms with Crippen molar-refractivity contribution in [3.63, 3.8) is 0 Å². The zero-order valence-corrected chi connectivity index (χ0v) is 7.75. The Morgan fingerprint density at radius 3 is 2.92 bits per heavy atom. The molecule has 1 aliphatic rings. The molecule has 0 aromatic rings. The van der Waals surface area contributed by atoms with Gasteiger partial charge in [-0.05, 0) is 32.7 Å². The van der Waals surface area contributed by atoms with Crippen LogP contribution in [0, 0.1) is 5.92 Å². The number of hydrogen-bond donors (Lipinski definition) is 2. The second-order valence-electron chi connectivity index (χ2n) is 3.81. The van der Waals surface area contributed by atoms with Gasteiger partial charge in [0.25, 0.3) is 0 Å². The number of aliphatic hydroxyl groups is 1. The summed E-state index contributed by atoms with van der Waals surface area (Å²) in [6, 6.07) is 0. The van der Waals surface area contributed by atoms with Crippen LogP contribution in [0.2, 0.25) is 0 Å². The van der Waals surface area contributed by atoms with E-state index in [2.05, 4.69) is 0 Å². The van der Waals surface area contributed by atoms with Crippen molar-refractivity contribution in [2.45, 2.75) is 31.8 Å². The fourth-order valence-electron chi connectivity index (χ4n) is 1.73. The summed E-state index contributed by atoms with van der Waals surface area (Å²) in [7, 11) is 0. The van der Waals surface area contributed by atoms with E-state index in [-0.39, 0.29) is 5.92 Å². The highest BCUT2D eigenvalue weighted by atomic mass is 16.5. The minimum Gasteiger partial charge on any atom is -0.390 e. The average Bonchev–Trinajstić information content (AvgIpc) is 2.06. The molecule has 1 saturated heterocycles. The normalized spacial score (nSPS) is 29.8. The lowest BCUT2D eigenvalue weighted by molar-refractivity contribution is -0.0707. The summed E-state index contributed by atoms with van der Waals surface area (Å²) < 4.78 is 5.31. The molecule has 0 aliphatic carbocycles. The van der Waals surface area contributed by atoms with E-state index in [4.69, 9.17) is 10.5 Å². The summed E-state index contributed by atoms with van der Waals surface area (Å²) in [4.78, 5) is 0. The number of hydrogen-bond acceptors (Lipinski definition) is 3. The highest BCUT2D eigenvalue weighted by Crippen LogP contribution is 2.27. The van der Waals surface area contributed by atoms with Crippen LogP contribution in [0.3, 0.4) is 0 Å². The minimum atomic E-state index is -0.630. The van der Waals surface area contributed by atoms with Crippen molar-refractivity contribution in [2.24, 2.45) is 11.7 Å². The molecule has 3 N–H and O–H groups in total. The van der Waals surface area contributed by atoms with Crippen molar-refractivity contribution in [3.8, 4) is 0 Å². The van der Waals surface area contributed by atoms with E-state index in [0.29, 0.717) is 19.6 Å². The summed E-state index contributed by atoms with van der Waals surface area (Å²) in [6.45, 7) is 3.94. The topological polar surface area (TPSA) is 55.5 Å². The summed E-state index contributed by atoms with van der Waals surface area (Å²) >= 11 is 0. The van der Waals surface area contributed by atoms with Crippen molar-refractivity contribution >= 4 is 0 Å². The molecule has 12 heavy (non-hydrogen) atoms.